The summed E-state index contributed by atoms with van der Waals surface area (Å²) < 4.78 is 29.9. The van der Waals surface area contributed by atoms with E-state index in [1.54, 1.807) is 0 Å². The SMILES string of the molecule is N#Cc1cc(F)c(OB(O)O)cc1F. The predicted molar refractivity (Wildman–Crippen MR) is 41.9 cm³/mol. The summed E-state index contributed by atoms with van der Waals surface area (Å²) in [7, 11) is -2.24. The van der Waals surface area contributed by atoms with Gasteiger partial charge >= 0.3 is 7.32 Å². The normalized spacial score (nSPS) is 9.36. The summed E-state index contributed by atoms with van der Waals surface area (Å²) in [4.78, 5) is 0. The van der Waals surface area contributed by atoms with Crippen molar-refractivity contribution in [2.24, 2.45) is 0 Å². The molecule has 1 rings (SSSR count). The second-order valence-corrected chi connectivity index (χ2v) is 2.32. The zero-order chi connectivity index (χ0) is 10.7. The molecule has 0 saturated carbocycles. The molecule has 0 bridgehead atoms. The maximum absolute atomic E-state index is 12.9. The van der Waals surface area contributed by atoms with Crippen molar-refractivity contribution >= 4 is 7.32 Å². The zero-order valence-corrected chi connectivity index (χ0v) is 6.74. The van der Waals surface area contributed by atoms with E-state index in [1.165, 1.54) is 6.07 Å². The van der Waals surface area contributed by atoms with E-state index in [4.69, 9.17) is 15.3 Å². The third-order valence-corrected chi connectivity index (χ3v) is 1.37. The van der Waals surface area contributed by atoms with Gasteiger partial charge in [-0.25, -0.2) is 8.78 Å². The van der Waals surface area contributed by atoms with Crippen LogP contribution < -0.4 is 4.65 Å². The summed E-state index contributed by atoms with van der Waals surface area (Å²) in [5.41, 5.74) is -0.484. The van der Waals surface area contributed by atoms with Crippen LogP contribution in [-0.4, -0.2) is 17.4 Å². The van der Waals surface area contributed by atoms with Gasteiger partial charge in [-0.05, 0) is 6.07 Å². The van der Waals surface area contributed by atoms with Gasteiger partial charge in [-0.2, -0.15) is 5.26 Å². The molecular weight excluding hydrogens is 195 g/mol. The number of hydrogen-bond acceptors (Lipinski definition) is 4. The van der Waals surface area contributed by atoms with E-state index < -0.39 is 30.3 Å². The quantitative estimate of drug-likeness (QED) is 0.666. The standard InChI is InChI=1S/C7H4BF2NO3/c9-5-2-7(14-8(12)13)6(10)1-4(5)3-11/h1-2,12-13H. The highest BCUT2D eigenvalue weighted by Gasteiger charge is 2.17. The van der Waals surface area contributed by atoms with Crippen LogP contribution in [0.4, 0.5) is 8.78 Å². The zero-order valence-electron chi connectivity index (χ0n) is 6.74. The molecule has 0 fully saturated rings. The van der Waals surface area contributed by atoms with E-state index in [-0.39, 0.29) is 0 Å². The first-order valence-corrected chi connectivity index (χ1v) is 3.46. The van der Waals surface area contributed by atoms with Crippen molar-refractivity contribution in [2.75, 3.05) is 0 Å². The lowest BCUT2D eigenvalue weighted by atomic mass is 10.2. The van der Waals surface area contributed by atoms with Crippen molar-refractivity contribution in [3.05, 3.63) is 29.3 Å². The van der Waals surface area contributed by atoms with Crippen LogP contribution in [0.1, 0.15) is 5.56 Å². The summed E-state index contributed by atoms with van der Waals surface area (Å²) >= 11 is 0. The fourth-order valence-electron chi connectivity index (χ4n) is 0.818. The topological polar surface area (TPSA) is 73.5 Å². The van der Waals surface area contributed by atoms with E-state index >= 15 is 0 Å². The molecule has 0 aliphatic carbocycles. The smallest absolute Gasteiger partial charge is 0.509 e. The van der Waals surface area contributed by atoms with Crippen LogP contribution in [0, 0.1) is 23.0 Å². The molecule has 0 heterocycles. The van der Waals surface area contributed by atoms with Gasteiger partial charge in [0.2, 0.25) is 0 Å². The van der Waals surface area contributed by atoms with E-state index in [9.17, 15) is 8.78 Å². The molecule has 2 N–H and O–H groups in total. The van der Waals surface area contributed by atoms with Crippen molar-refractivity contribution in [2.45, 2.75) is 0 Å². The van der Waals surface area contributed by atoms with Crippen molar-refractivity contribution < 1.29 is 23.5 Å². The molecule has 0 aliphatic heterocycles. The van der Waals surface area contributed by atoms with Crippen LogP contribution in [0.2, 0.25) is 0 Å². The first-order valence-electron chi connectivity index (χ1n) is 3.46. The van der Waals surface area contributed by atoms with Gasteiger partial charge in [-0.1, -0.05) is 0 Å². The largest absolute Gasteiger partial charge is 0.707 e. The Kier molecular flexibility index (Phi) is 3.01. The van der Waals surface area contributed by atoms with Gasteiger partial charge in [-0.15, -0.1) is 0 Å². The van der Waals surface area contributed by atoms with Crippen molar-refractivity contribution in [1.82, 2.24) is 0 Å². The Hall–Kier alpha value is -1.65. The fraction of sp³-hybridized carbons (Fsp3) is 0. The van der Waals surface area contributed by atoms with E-state index in [1.807, 2.05) is 0 Å². The average Bonchev–Trinajstić information content (AvgIpc) is 2.10. The van der Waals surface area contributed by atoms with Crippen LogP contribution >= 0.6 is 0 Å². The monoisotopic (exact) mass is 199 g/mol. The lowest BCUT2D eigenvalue weighted by molar-refractivity contribution is 0.281. The molecule has 72 valence electrons. The number of rotatable bonds is 2. The lowest BCUT2D eigenvalue weighted by Crippen LogP contribution is -2.21. The van der Waals surface area contributed by atoms with Crippen LogP contribution in [-0.2, 0) is 0 Å². The highest BCUT2D eigenvalue weighted by molar-refractivity contribution is 6.33. The van der Waals surface area contributed by atoms with Crippen molar-refractivity contribution in [3.8, 4) is 11.8 Å². The minimum absolute atomic E-state index is 0.484. The number of benzene rings is 1. The van der Waals surface area contributed by atoms with Gasteiger partial charge in [0.1, 0.15) is 17.6 Å². The maximum atomic E-state index is 12.9. The van der Waals surface area contributed by atoms with Crippen LogP contribution in [0.3, 0.4) is 0 Å². The Balaban J connectivity index is 3.10. The number of hydrogen-bond donors (Lipinski definition) is 2. The molecular formula is C7H4BF2NO3. The molecule has 0 atom stereocenters. The Morgan fingerprint density at radius 1 is 1.29 bits per heavy atom. The lowest BCUT2D eigenvalue weighted by Gasteiger charge is -2.06. The summed E-state index contributed by atoms with van der Waals surface area (Å²) in [5, 5.41) is 25.0. The van der Waals surface area contributed by atoms with E-state index in [0.717, 1.165) is 0 Å². The van der Waals surface area contributed by atoms with Gasteiger partial charge in [0.25, 0.3) is 0 Å². The van der Waals surface area contributed by atoms with Crippen molar-refractivity contribution in [3.63, 3.8) is 0 Å². The van der Waals surface area contributed by atoms with Gasteiger partial charge in [0.15, 0.2) is 5.82 Å². The Morgan fingerprint density at radius 3 is 2.43 bits per heavy atom. The summed E-state index contributed by atoms with van der Waals surface area (Å²) in [6.07, 6.45) is 0. The van der Waals surface area contributed by atoms with Gasteiger partial charge in [-0.3, -0.25) is 0 Å². The summed E-state index contributed by atoms with van der Waals surface area (Å²) in [5.74, 6) is -2.71. The maximum Gasteiger partial charge on any atom is 0.707 e. The summed E-state index contributed by atoms with van der Waals surface area (Å²) in [6.45, 7) is 0. The number of halogens is 2. The second-order valence-electron chi connectivity index (χ2n) is 2.32. The molecule has 0 aromatic heterocycles. The highest BCUT2D eigenvalue weighted by atomic mass is 19.1. The predicted octanol–water partition coefficient (Wildman–Crippen LogP) is 0.185. The highest BCUT2D eigenvalue weighted by Crippen LogP contribution is 2.21. The molecule has 1 aromatic carbocycles. The first-order chi connectivity index (χ1) is 6.54. The Bertz CT molecular complexity index is 391. The molecule has 0 spiro atoms. The molecule has 0 radical (unpaired) electrons. The fourth-order valence-corrected chi connectivity index (χ4v) is 0.818. The third-order valence-electron chi connectivity index (χ3n) is 1.37. The minimum Gasteiger partial charge on any atom is -0.509 e. The van der Waals surface area contributed by atoms with Crippen LogP contribution in [0.5, 0.6) is 5.75 Å². The van der Waals surface area contributed by atoms with Crippen LogP contribution in [0.25, 0.3) is 0 Å². The molecule has 7 heteroatoms. The third kappa shape index (κ3) is 2.19. The first kappa shape index (κ1) is 10.4. The molecule has 0 amide bonds. The van der Waals surface area contributed by atoms with Crippen LogP contribution in [0.15, 0.2) is 12.1 Å². The van der Waals surface area contributed by atoms with Gasteiger partial charge < -0.3 is 14.7 Å². The average molecular weight is 199 g/mol. The molecule has 0 aliphatic rings. The Morgan fingerprint density at radius 2 is 1.93 bits per heavy atom. The Labute approximate surface area is 78.1 Å². The van der Waals surface area contributed by atoms with E-state index in [0.29, 0.717) is 12.1 Å². The minimum atomic E-state index is -2.24. The van der Waals surface area contributed by atoms with Gasteiger partial charge in [0.05, 0.1) is 5.56 Å². The van der Waals surface area contributed by atoms with Crippen molar-refractivity contribution in [1.29, 1.82) is 5.26 Å². The molecule has 0 unspecified atom stereocenters. The molecule has 0 saturated heterocycles. The number of nitriles is 1. The summed E-state index contributed by atoms with van der Waals surface area (Å²) in [6, 6.07) is 2.59. The van der Waals surface area contributed by atoms with Gasteiger partial charge in [0, 0.05) is 6.07 Å². The number of nitrogens with zero attached hydrogens (tertiary/aromatic N) is 1. The second kappa shape index (κ2) is 4.04. The van der Waals surface area contributed by atoms with E-state index in [2.05, 4.69) is 4.65 Å². The molecule has 1 aromatic rings. The molecule has 4 nitrogen and oxygen atoms in total. The molecule has 14 heavy (non-hydrogen) atoms.